The van der Waals surface area contributed by atoms with Crippen LogP contribution in [0.15, 0.2) is 30.3 Å². The van der Waals surface area contributed by atoms with Gasteiger partial charge in [-0.25, -0.2) is 0 Å². The van der Waals surface area contributed by atoms with Gasteiger partial charge in [0.25, 0.3) is 0 Å². The zero-order chi connectivity index (χ0) is 14.4. The number of amides is 1. The number of morpholine rings is 1. The molecule has 0 radical (unpaired) electrons. The number of nitrogens with zero attached hydrogens (tertiary/aromatic N) is 1. The van der Waals surface area contributed by atoms with E-state index in [1.165, 1.54) is 5.56 Å². The fraction of sp³-hybridized carbons (Fsp3) is 0.562. The third kappa shape index (κ3) is 4.32. The molecule has 110 valence electrons. The van der Waals surface area contributed by atoms with Crippen LogP contribution in [0.2, 0.25) is 0 Å². The van der Waals surface area contributed by atoms with E-state index < -0.39 is 0 Å². The van der Waals surface area contributed by atoms with Crippen LogP contribution in [0.1, 0.15) is 25.8 Å². The van der Waals surface area contributed by atoms with Gasteiger partial charge in [0.2, 0.25) is 5.91 Å². The summed E-state index contributed by atoms with van der Waals surface area (Å²) in [4.78, 5) is 13.8. The predicted octanol–water partition coefficient (Wildman–Crippen LogP) is 1.80. The van der Waals surface area contributed by atoms with E-state index in [0.717, 1.165) is 26.2 Å². The normalized spacial score (nSPS) is 21.4. The summed E-state index contributed by atoms with van der Waals surface area (Å²) in [6.07, 6.45) is 0.591. The van der Waals surface area contributed by atoms with E-state index >= 15 is 0 Å². The molecule has 1 saturated heterocycles. The maximum atomic E-state index is 11.5. The first-order chi connectivity index (χ1) is 9.69. The standard InChI is InChI=1S/C16H24N2O2/c1-3-16(19)17-13(2)15-12-18(9-10-20-15)11-14-7-5-4-6-8-14/h4-8,13,15H,3,9-12H2,1-2H3,(H,17,19)/t13-,15-/m0/s1. The Morgan fingerprint density at radius 3 is 2.90 bits per heavy atom. The zero-order valence-corrected chi connectivity index (χ0v) is 12.3. The van der Waals surface area contributed by atoms with Gasteiger partial charge in [0.05, 0.1) is 18.8 Å². The Hall–Kier alpha value is -1.39. The van der Waals surface area contributed by atoms with Crippen molar-refractivity contribution in [2.24, 2.45) is 0 Å². The van der Waals surface area contributed by atoms with Crippen molar-refractivity contribution < 1.29 is 9.53 Å². The summed E-state index contributed by atoms with van der Waals surface area (Å²) >= 11 is 0. The Morgan fingerprint density at radius 1 is 1.45 bits per heavy atom. The van der Waals surface area contributed by atoms with E-state index in [2.05, 4.69) is 34.5 Å². The van der Waals surface area contributed by atoms with Crippen LogP contribution in [0.5, 0.6) is 0 Å². The number of hydrogen-bond acceptors (Lipinski definition) is 3. The lowest BCUT2D eigenvalue weighted by Crippen LogP contribution is -2.51. The minimum atomic E-state index is 0.0565. The number of benzene rings is 1. The van der Waals surface area contributed by atoms with Crippen LogP contribution in [-0.4, -0.2) is 42.6 Å². The SMILES string of the molecule is CCC(=O)N[C@@H](C)[C@@H]1CN(Cc2ccccc2)CCO1. The van der Waals surface area contributed by atoms with Gasteiger partial charge in [-0.2, -0.15) is 0 Å². The quantitative estimate of drug-likeness (QED) is 0.891. The lowest BCUT2D eigenvalue weighted by Gasteiger charge is -2.36. The van der Waals surface area contributed by atoms with Crippen LogP contribution in [0.4, 0.5) is 0 Å². The van der Waals surface area contributed by atoms with Crippen molar-refractivity contribution in [2.75, 3.05) is 19.7 Å². The molecule has 1 fully saturated rings. The van der Waals surface area contributed by atoms with Crippen molar-refractivity contribution in [2.45, 2.75) is 39.0 Å². The second-order valence-corrected chi connectivity index (χ2v) is 5.34. The minimum absolute atomic E-state index is 0.0565. The van der Waals surface area contributed by atoms with Crippen molar-refractivity contribution in [3.63, 3.8) is 0 Å². The first kappa shape index (κ1) is 15.0. The fourth-order valence-corrected chi connectivity index (χ4v) is 2.47. The summed E-state index contributed by atoms with van der Waals surface area (Å²) < 4.78 is 5.80. The van der Waals surface area contributed by atoms with Crippen molar-refractivity contribution in [3.05, 3.63) is 35.9 Å². The topological polar surface area (TPSA) is 41.6 Å². The second-order valence-electron chi connectivity index (χ2n) is 5.34. The fourth-order valence-electron chi connectivity index (χ4n) is 2.47. The van der Waals surface area contributed by atoms with Crippen LogP contribution in [0, 0.1) is 0 Å². The van der Waals surface area contributed by atoms with Crippen molar-refractivity contribution in [1.82, 2.24) is 10.2 Å². The molecule has 0 unspecified atom stereocenters. The van der Waals surface area contributed by atoms with Gasteiger partial charge in [0.1, 0.15) is 0 Å². The van der Waals surface area contributed by atoms with Crippen molar-refractivity contribution in [1.29, 1.82) is 0 Å². The molecule has 1 N–H and O–H groups in total. The molecule has 1 amide bonds. The van der Waals surface area contributed by atoms with E-state index in [4.69, 9.17) is 4.74 Å². The highest BCUT2D eigenvalue weighted by atomic mass is 16.5. The highest BCUT2D eigenvalue weighted by Gasteiger charge is 2.26. The molecular weight excluding hydrogens is 252 g/mol. The van der Waals surface area contributed by atoms with Crippen LogP contribution in [0.25, 0.3) is 0 Å². The van der Waals surface area contributed by atoms with Gasteiger partial charge in [-0.1, -0.05) is 37.3 Å². The summed E-state index contributed by atoms with van der Waals surface area (Å²) in [5.74, 6) is 0.0845. The molecule has 0 bridgehead atoms. The van der Waals surface area contributed by atoms with Crippen LogP contribution in [0.3, 0.4) is 0 Å². The largest absolute Gasteiger partial charge is 0.373 e. The Labute approximate surface area is 121 Å². The number of ether oxygens (including phenoxy) is 1. The molecule has 4 nitrogen and oxygen atoms in total. The van der Waals surface area contributed by atoms with Gasteiger partial charge < -0.3 is 10.1 Å². The Kier molecular flexibility index (Phi) is 5.56. The molecule has 1 aromatic carbocycles. The van der Waals surface area contributed by atoms with Gasteiger partial charge in [0, 0.05) is 26.1 Å². The number of carbonyl (C=O) groups is 1. The van der Waals surface area contributed by atoms with Crippen LogP contribution >= 0.6 is 0 Å². The van der Waals surface area contributed by atoms with Gasteiger partial charge >= 0.3 is 0 Å². The molecule has 1 aliphatic heterocycles. The minimum Gasteiger partial charge on any atom is -0.373 e. The third-order valence-corrected chi connectivity index (χ3v) is 3.69. The zero-order valence-electron chi connectivity index (χ0n) is 12.3. The second kappa shape index (κ2) is 7.41. The van der Waals surface area contributed by atoms with E-state index in [-0.39, 0.29) is 18.1 Å². The maximum absolute atomic E-state index is 11.5. The van der Waals surface area contributed by atoms with E-state index in [9.17, 15) is 4.79 Å². The molecule has 1 aromatic rings. The number of hydrogen-bond donors (Lipinski definition) is 1. The van der Waals surface area contributed by atoms with Crippen molar-refractivity contribution >= 4 is 5.91 Å². The summed E-state index contributed by atoms with van der Waals surface area (Å²) in [7, 11) is 0. The molecule has 1 aliphatic rings. The molecule has 4 heteroatoms. The monoisotopic (exact) mass is 276 g/mol. The number of carbonyl (C=O) groups excluding carboxylic acids is 1. The van der Waals surface area contributed by atoms with Gasteiger partial charge in [-0.15, -0.1) is 0 Å². The highest BCUT2D eigenvalue weighted by molar-refractivity contribution is 5.75. The van der Waals surface area contributed by atoms with Crippen LogP contribution in [-0.2, 0) is 16.1 Å². The molecule has 1 heterocycles. The highest BCUT2D eigenvalue weighted by Crippen LogP contribution is 2.12. The first-order valence-electron chi connectivity index (χ1n) is 7.36. The summed E-state index contributed by atoms with van der Waals surface area (Å²) in [5.41, 5.74) is 1.32. The molecule has 20 heavy (non-hydrogen) atoms. The Balaban J connectivity index is 1.86. The molecule has 0 spiro atoms. The summed E-state index contributed by atoms with van der Waals surface area (Å²) in [5, 5.41) is 2.99. The molecule has 0 aromatic heterocycles. The van der Waals surface area contributed by atoms with Gasteiger partial charge in [-0.3, -0.25) is 9.69 Å². The van der Waals surface area contributed by atoms with E-state index in [1.54, 1.807) is 0 Å². The molecular formula is C16H24N2O2. The van der Waals surface area contributed by atoms with Gasteiger partial charge in [-0.05, 0) is 12.5 Å². The number of rotatable bonds is 5. The summed E-state index contributed by atoms with van der Waals surface area (Å²) in [6.45, 7) is 7.36. The van der Waals surface area contributed by atoms with Gasteiger partial charge in [0.15, 0.2) is 0 Å². The molecule has 2 rings (SSSR count). The van der Waals surface area contributed by atoms with E-state index in [0.29, 0.717) is 6.42 Å². The smallest absolute Gasteiger partial charge is 0.220 e. The molecule has 0 saturated carbocycles. The average Bonchev–Trinajstić information content (AvgIpc) is 2.48. The lowest BCUT2D eigenvalue weighted by atomic mass is 10.1. The Morgan fingerprint density at radius 2 is 2.20 bits per heavy atom. The lowest BCUT2D eigenvalue weighted by molar-refractivity contribution is -0.123. The first-order valence-corrected chi connectivity index (χ1v) is 7.36. The number of nitrogens with one attached hydrogen (secondary N) is 1. The van der Waals surface area contributed by atoms with E-state index in [1.807, 2.05) is 19.9 Å². The molecule has 0 aliphatic carbocycles. The molecule has 2 atom stereocenters. The summed E-state index contributed by atoms with van der Waals surface area (Å²) in [6, 6.07) is 10.5. The van der Waals surface area contributed by atoms with Crippen molar-refractivity contribution in [3.8, 4) is 0 Å². The maximum Gasteiger partial charge on any atom is 0.220 e. The predicted molar refractivity (Wildman–Crippen MR) is 79.4 cm³/mol. The third-order valence-electron chi connectivity index (χ3n) is 3.69. The Bertz CT molecular complexity index is 422. The van der Waals surface area contributed by atoms with Crippen LogP contribution < -0.4 is 5.32 Å². The average molecular weight is 276 g/mol.